The maximum absolute atomic E-state index is 12.8. The minimum absolute atomic E-state index is 0.0528. The van der Waals surface area contributed by atoms with E-state index in [0.29, 0.717) is 0 Å². The van der Waals surface area contributed by atoms with Crippen LogP contribution in [0.2, 0.25) is 0 Å². The third-order valence-electron chi connectivity index (χ3n) is 5.30. The van der Waals surface area contributed by atoms with Crippen molar-refractivity contribution in [3.63, 3.8) is 0 Å². The van der Waals surface area contributed by atoms with E-state index in [0.717, 1.165) is 19.5 Å². The van der Waals surface area contributed by atoms with Crippen LogP contribution in [-0.2, 0) is 16.1 Å². The third kappa shape index (κ3) is 3.60. The van der Waals surface area contributed by atoms with Gasteiger partial charge < -0.3 is 4.74 Å². The van der Waals surface area contributed by atoms with E-state index in [2.05, 4.69) is 63.8 Å². The molecule has 1 aromatic rings. The number of hydrogen-bond donors (Lipinski definition) is 0. The Kier molecular flexibility index (Phi) is 5.20. The molecule has 0 radical (unpaired) electrons. The van der Waals surface area contributed by atoms with E-state index >= 15 is 0 Å². The van der Waals surface area contributed by atoms with Crippen molar-refractivity contribution in [2.24, 2.45) is 16.7 Å². The van der Waals surface area contributed by atoms with Gasteiger partial charge in [0.05, 0.1) is 12.5 Å². The Labute approximate surface area is 141 Å². The molecule has 128 valence electrons. The molecule has 0 spiro atoms. The molecular weight excluding hydrogens is 286 g/mol. The minimum Gasteiger partial charge on any atom is -0.469 e. The summed E-state index contributed by atoms with van der Waals surface area (Å²) in [6.07, 6.45) is 0.848. The van der Waals surface area contributed by atoms with Crippen LogP contribution >= 0.6 is 0 Å². The van der Waals surface area contributed by atoms with Gasteiger partial charge in [0.25, 0.3) is 0 Å². The standard InChI is InChI=1S/C20H31NO2/c1-15-12-21(13-17-10-8-7-9-11-17)16(2)20(15,18(22)23-6)14-19(3,4)5/h7-11,15-16H,12-14H2,1-6H3/t15-,16+,20+/m1/s1. The quantitative estimate of drug-likeness (QED) is 0.782. The number of carbonyl (C=O) groups is 1. The maximum atomic E-state index is 12.8. The highest BCUT2D eigenvalue weighted by atomic mass is 16.5. The molecular formula is C20H31NO2. The summed E-state index contributed by atoms with van der Waals surface area (Å²) < 4.78 is 5.26. The first-order chi connectivity index (χ1) is 10.7. The molecule has 0 aromatic heterocycles. The Morgan fingerprint density at radius 2 is 1.87 bits per heavy atom. The Morgan fingerprint density at radius 1 is 1.26 bits per heavy atom. The zero-order chi connectivity index (χ0) is 17.3. The number of methoxy groups -OCH3 is 1. The molecule has 0 aliphatic carbocycles. The molecule has 0 N–H and O–H groups in total. The van der Waals surface area contributed by atoms with E-state index in [9.17, 15) is 4.79 Å². The van der Waals surface area contributed by atoms with Gasteiger partial charge in [0, 0.05) is 19.1 Å². The molecule has 1 aromatic carbocycles. The van der Waals surface area contributed by atoms with Gasteiger partial charge in [-0.15, -0.1) is 0 Å². The second kappa shape index (κ2) is 6.64. The van der Waals surface area contributed by atoms with Crippen molar-refractivity contribution >= 4 is 5.97 Å². The van der Waals surface area contributed by atoms with Crippen LogP contribution in [0.4, 0.5) is 0 Å². The topological polar surface area (TPSA) is 29.5 Å². The monoisotopic (exact) mass is 317 g/mol. The van der Waals surface area contributed by atoms with Crippen molar-refractivity contribution in [3.8, 4) is 0 Å². The highest BCUT2D eigenvalue weighted by molar-refractivity contribution is 5.78. The van der Waals surface area contributed by atoms with E-state index in [-0.39, 0.29) is 23.3 Å². The summed E-state index contributed by atoms with van der Waals surface area (Å²) in [5, 5.41) is 0. The van der Waals surface area contributed by atoms with Crippen LogP contribution in [0, 0.1) is 16.7 Å². The van der Waals surface area contributed by atoms with Gasteiger partial charge >= 0.3 is 5.97 Å². The number of nitrogens with zero attached hydrogens (tertiary/aromatic N) is 1. The average Bonchev–Trinajstić information content (AvgIpc) is 2.71. The lowest BCUT2D eigenvalue weighted by Gasteiger charge is -2.40. The van der Waals surface area contributed by atoms with Crippen LogP contribution in [0.3, 0.4) is 0 Å². The van der Waals surface area contributed by atoms with Gasteiger partial charge in [-0.05, 0) is 30.2 Å². The van der Waals surface area contributed by atoms with E-state index in [4.69, 9.17) is 4.74 Å². The molecule has 23 heavy (non-hydrogen) atoms. The summed E-state index contributed by atoms with van der Waals surface area (Å²) in [5.41, 5.74) is 0.948. The smallest absolute Gasteiger partial charge is 0.313 e. The summed E-state index contributed by atoms with van der Waals surface area (Å²) in [5.74, 6) is 0.232. The first-order valence-electron chi connectivity index (χ1n) is 8.57. The molecule has 1 heterocycles. The summed E-state index contributed by atoms with van der Waals surface area (Å²) in [6, 6.07) is 10.7. The first-order valence-corrected chi connectivity index (χ1v) is 8.57. The summed E-state index contributed by atoms with van der Waals surface area (Å²) in [6.45, 7) is 12.8. The largest absolute Gasteiger partial charge is 0.469 e. The van der Waals surface area contributed by atoms with Crippen LogP contribution in [-0.4, -0.2) is 30.6 Å². The van der Waals surface area contributed by atoms with Gasteiger partial charge in [-0.25, -0.2) is 0 Å². The molecule has 1 aliphatic rings. The van der Waals surface area contributed by atoms with Gasteiger partial charge in [0.2, 0.25) is 0 Å². The number of likely N-dealkylation sites (tertiary alicyclic amines) is 1. The van der Waals surface area contributed by atoms with Crippen molar-refractivity contribution in [1.29, 1.82) is 0 Å². The zero-order valence-corrected chi connectivity index (χ0v) is 15.4. The predicted octanol–water partition coefficient (Wildman–Crippen LogP) is 4.12. The Bertz CT molecular complexity index is 534. The van der Waals surface area contributed by atoms with Gasteiger partial charge in [-0.2, -0.15) is 0 Å². The van der Waals surface area contributed by atoms with E-state index in [1.165, 1.54) is 12.7 Å². The number of benzene rings is 1. The molecule has 1 saturated heterocycles. The molecule has 0 amide bonds. The number of ether oxygens (including phenoxy) is 1. The molecule has 1 aliphatic heterocycles. The number of carbonyl (C=O) groups excluding carboxylic acids is 1. The molecule has 0 bridgehead atoms. The van der Waals surface area contributed by atoms with E-state index in [1.54, 1.807) is 0 Å². The fraction of sp³-hybridized carbons (Fsp3) is 0.650. The Hall–Kier alpha value is -1.35. The average molecular weight is 317 g/mol. The second-order valence-electron chi connectivity index (χ2n) is 8.26. The van der Waals surface area contributed by atoms with Gasteiger partial charge in [0.15, 0.2) is 0 Å². The predicted molar refractivity (Wildman–Crippen MR) is 94.0 cm³/mol. The third-order valence-corrected chi connectivity index (χ3v) is 5.30. The Balaban J connectivity index is 2.30. The zero-order valence-electron chi connectivity index (χ0n) is 15.4. The van der Waals surface area contributed by atoms with E-state index in [1.807, 2.05) is 6.07 Å². The van der Waals surface area contributed by atoms with Crippen molar-refractivity contribution < 1.29 is 9.53 Å². The molecule has 3 atom stereocenters. The van der Waals surface area contributed by atoms with Crippen molar-refractivity contribution in [2.75, 3.05) is 13.7 Å². The highest BCUT2D eigenvalue weighted by Gasteiger charge is 2.57. The van der Waals surface area contributed by atoms with Crippen LogP contribution in [0.1, 0.15) is 46.6 Å². The molecule has 3 heteroatoms. The number of rotatable bonds is 4. The molecule has 3 nitrogen and oxygen atoms in total. The van der Waals surface area contributed by atoms with Crippen LogP contribution < -0.4 is 0 Å². The van der Waals surface area contributed by atoms with Crippen LogP contribution in [0.5, 0.6) is 0 Å². The fourth-order valence-corrected chi connectivity index (χ4v) is 4.26. The normalized spacial score (nSPS) is 28.8. The summed E-state index contributed by atoms with van der Waals surface area (Å²) in [7, 11) is 1.52. The lowest BCUT2D eigenvalue weighted by molar-refractivity contribution is -0.159. The summed E-state index contributed by atoms with van der Waals surface area (Å²) in [4.78, 5) is 15.2. The van der Waals surface area contributed by atoms with Crippen LogP contribution in [0.25, 0.3) is 0 Å². The lowest BCUT2D eigenvalue weighted by Crippen LogP contribution is -2.47. The van der Waals surface area contributed by atoms with E-state index < -0.39 is 5.41 Å². The van der Waals surface area contributed by atoms with Gasteiger partial charge in [-0.3, -0.25) is 9.69 Å². The number of hydrogen-bond acceptors (Lipinski definition) is 3. The van der Waals surface area contributed by atoms with Gasteiger partial charge in [0.1, 0.15) is 0 Å². The molecule has 2 rings (SSSR count). The molecule has 1 fully saturated rings. The van der Waals surface area contributed by atoms with Crippen molar-refractivity contribution in [1.82, 2.24) is 4.90 Å². The first kappa shape index (κ1) is 18.0. The number of esters is 1. The molecule has 0 saturated carbocycles. The lowest BCUT2D eigenvalue weighted by atomic mass is 9.65. The SMILES string of the molecule is COC(=O)[C@@]1(CC(C)(C)C)[C@H](C)CN(Cc2ccccc2)[C@H]1C. The minimum atomic E-state index is -0.429. The summed E-state index contributed by atoms with van der Waals surface area (Å²) >= 11 is 0. The van der Waals surface area contributed by atoms with Gasteiger partial charge in [-0.1, -0.05) is 58.0 Å². The second-order valence-corrected chi connectivity index (χ2v) is 8.26. The highest BCUT2D eigenvalue weighted by Crippen LogP contribution is 2.50. The fourth-order valence-electron chi connectivity index (χ4n) is 4.26. The van der Waals surface area contributed by atoms with Crippen LogP contribution in [0.15, 0.2) is 30.3 Å². The molecule has 0 unspecified atom stereocenters. The van der Waals surface area contributed by atoms with Crippen molar-refractivity contribution in [3.05, 3.63) is 35.9 Å². The maximum Gasteiger partial charge on any atom is 0.313 e. The van der Waals surface area contributed by atoms with Crippen molar-refractivity contribution in [2.45, 2.75) is 53.6 Å². The Morgan fingerprint density at radius 3 is 2.39 bits per heavy atom.